The van der Waals surface area contributed by atoms with Crippen molar-refractivity contribution in [3.05, 3.63) is 35.6 Å². The van der Waals surface area contributed by atoms with Crippen LogP contribution in [0.2, 0.25) is 0 Å². The molecular weight excluding hydrogens is 246 g/mol. The summed E-state index contributed by atoms with van der Waals surface area (Å²) in [7, 11) is 0. The Kier molecular flexibility index (Phi) is 3.59. The summed E-state index contributed by atoms with van der Waals surface area (Å²) in [6.45, 7) is 7.90. The molecule has 1 atom stereocenters. The fourth-order valence-electron chi connectivity index (χ4n) is 3.83. The summed E-state index contributed by atoms with van der Waals surface area (Å²) in [6.07, 6.45) is 4.91. The topological polar surface area (TPSA) is 25.2 Å². The Bertz CT molecular complexity index is 590. The molecule has 1 aromatic carbocycles. The second-order valence-electron chi connectivity index (χ2n) is 6.72. The van der Waals surface area contributed by atoms with E-state index in [9.17, 15) is 0 Å². The molecule has 1 unspecified atom stereocenters. The van der Waals surface area contributed by atoms with Crippen LogP contribution in [-0.2, 0) is 6.42 Å². The third-order valence-electron chi connectivity index (χ3n) is 4.55. The Morgan fingerprint density at radius 1 is 1.30 bits per heavy atom. The first kappa shape index (κ1) is 13.7. The monoisotopic (exact) mass is 271 g/mol. The Labute approximate surface area is 121 Å². The van der Waals surface area contributed by atoms with Gasteiger partial charge in [0.25, 0.3) is 0 Å². The normalized spacial score (nSPS) is 23.0. The van der Waals surface area contributed by atoms with Gasteiger partial charge in [0, 0.05) is 16.5 Å². The molecule has 1 aliphatic rings. The van der Waals surface area contributed by atoms with Crippen LogP contribution in [-0.4, -0.2) is 12.1 Å². The molecule has 1 N–H and O–H groups in total. The second kappa shape index (κ2) is 5.25. The number of furan rings is 1. The maximum absolute atomic E-state index is 5.93. The minimum absolute atomic E-state index is 0.269. The molecule has 1 aliphatic heterocycles. The molecule has 1 fully saturated rings. The smallest absolute Gasteiger partial charge is 0.134 e. The lowest BCUT2D eigenvalue weighted by Crippen LogP contribution is -2.43. The van der Waals surface area contributed by atoms with Gasteiger partial charge in [0.2, 0.25) is 0 Å². The van der Waals surface area contributed by atoms with Gasteiger partial charge in [-0.15, -0.1) is 0 Å². The van der Waals surface area contributed by atoms with Gasteiger partial charge in [-0.05, 0) is 51.1 Å². The highest BCUT2D eigenvalue weighted by atomic mass is 16.3. The summed E-state index contributed by atoms with van der Waals surface area (Å²) in [6, 6.07) is 8.42. The Hall–Kier alpha value is -1.28. The third-order valence-corrected chi connectivity index (χ3v) is 4.55. The van der Waals surface area contributed by atoms with Gasteiger partial charge < -0.3 is 9.73 Å². The molecule has 0 amide bonds. The number of benzene rings is 1. The van der Waals surface area contributed by atoms with Crippen LogP contribution < -0.4 is 5.32 Å². The average Bonchev–Trinajstić information content (AvgIpc) is 2.96. The van der Waals surface area contributed by atoms with Gasteiger partial charge in [-0.2, -0.15) is 0 Å². The third kappa shape index (κ3) is 2.49. The fraction of sp³-hybridized carbons (Fsp3) is 0.556. The first-order chi connectivity index (χ1) is 9.60. The summed E-state index contributed by atoms with van der Waals surface area (Å²) < 4.78 is 5.93. The van der Waals surface area contributed by atoms with E-state index in [0.29, 0.717) is 0 Å². The number of aryl methyl sites for hydroxylation is 1. The molecule has 0 aliphatic carbocycles. The van der Waals surface area contributed by atoms with Gasteiger partial charge in [0.05, 0.1) is 0 Å². The first-order valence-corrected chi connectivity index (χ1v) is 7.82. The zero-order valence-electron chi connectivity index (χ0n) is 12.8. The highest BCUT2D eigenvalue weighted by molar-refractivity contribution is 5.82. The molecule has 2 heteroatoms. The molecular formula is C18H25NO. The van der Waals surface area contributed by atoms with Crippen molar-refractivity contribution in [2.75, 3.05) is 6.54 Å². The molecule has 3 rings (SSSR count). The predicted octanol–water partition coefficient (Wildman–Crippen LogP) is 4.45. The van der Waals surface area contributed by atoms with Gasteiger partial charge in [0.15, 0.2) is 0 Å². The standard InChI is InChI=1S/C18H25NO/c1-13(2)11-18(9-6-10-19-18)12-16-14(3)20-17-8-5-4-7-15(16)17/h4-5,7-8,13,19H,6,9-12H2,1-3H3. The predicted molar refractivity (Wildman–Crippen MR) is 84.1 cm³/mol. The molecule has 2 aromatic rings. The van der Waals surface area contributed by atoms with Crippen LogP contribution in [0.3, 0.4) is 0 Å². The van der Waals surface area contributed by atoms with Crippen LogP contribution in [0.15, 0.2) is 28.7 Å². The van der Waals surface area contributed by atoms with Gasteiger partial charge >= 0.3 is 0 Å². The van der Waals surface area contributed by atoms with Crippen molar-refractivity contribution >= 4 is 11.0 Å². The summed E-state index contributed by atoms with van der Waals surface area (Å²) in [4.78, 5) is 0. The number of hydrogen-bond donors (Lipinski definition) is 1. The molecule has 20 heavy (non-hydrogen) atoms. The zero-order chi connectivity index (χ0) is 14.2. The molecule has 2 heterocycles. The van der Waals surface area contributed by atoms with Crippen molar-refractivity contribution in [1.82, 2.24) is 5.32 Å². The van der Waals surface area contributed by atoms with Crippen LogP contribution in [0.1, 0.15) is 44.4 Å². The SMILES string of the molecule is Cc1oc2ccccc2c1CC1(CC(C)C)CCCN1. The number of rotatable bonds is 4. The number of para-hydroxylation sites is 1. The van der Waals surface area contributed by atoms with E-state index in [1.165, 1.54) is 30.2 Å². The van der Waals surface area contributed by atoms with E-state index in [2.05, 4.69) is 44.3 Å². The zero-order valence-corrected chi connectivity index (χ0v) is 12.8. The summed E-state index contributed by atoms with van der Waals surface area (Å²) in [5.74, 6) is 1.81. The summed E-state index contributed by atoms with van der Waals surface area (Å²) >= 11 is 0. The highest BCUT2D eigenvalue weighted by Gasteiger charge is 2.35. The molecule has 0 spiro atoms. The maximum atomic E-state index is 5.93. The van der Waals surface area contributed by atoms with Gasteiger partial charge in [-0.25, -0.2) is 0 Å². The largest absolute Gasteiger partial charge is 0.461 e. The second-order valence-corrected chi connectivity index (χ2v) is 6.72. The number of fused-ring (bicyclic) bond motifs is 1. The number of hydrogen-bond acceptors (Lipinski definition) is 2. The molecule has 108 valence electrons. The van der Waals surface area contributed by atoms with Crippen LogP contribution >= 0.6 is 0 Å². The van der Waals surface area contributed by atoms with Crippen molar-refractivity contribution in [3.63, 3.8) is 0 Å². The van der Waals surface area contributed by atoms with E-state index in [0.717, 1.165) is 30.2 Å². The number of nitrogens with one attached hydrogen (secondary N) is 1. The highest BCUT2D eigenvalue weighted by Crippen LogP contribution is 2.35. The van der Waals surface area contributed by atoms with Crippen molar-refractivity contribution in [2.45, 2.75) is 52.0 Å². The van der Waals surface area contributed by atoms with Crippen molar-refractivity contribution in [1.29, 1.82) is 0 Å². The van der Waals surface area contributed by atoms with E-state index in [1.54, 1.807) is 0 Å². The average molecular weight is 271 g/mol. The van der Waals surface area contributed by atoms with Crippen molar-refractivity contribution in [2.24, 2.45) is 5.92 Å². The minimum atomic E-state index is 0.269. The van der Waals surface area contributed by atoms with Gasteiger partial charge in [0.1, 0.15) is 11.3 Å². The van der Waals surface area contributed by atoms with E-state index < -0.39 is 0 Å². The minimum Gasteiger partial charge on any atom is -0.461 e. The summed E-state index contributed by atoms with van der Waals surface area (Å²) in [5.41, 5.74) is 2.69. The Morgan fingerprint density at radius 3 is 2.80 bits per heavy atom. The van der Waals surface area contributed by atoms with Gasteiger partial charge in [-0.3, -0.25) is 0 Å². The van der Waals surface area contributed by atoms with E-state index >= 15 is 0 Å². The lowest BCUT2D eigenvalue weighted by Gasteiger charge is -2.31. The first-order valence-electron chi connectivity index (χ1n) is 7.82. The molecule has 0 bridgehead atoms. The molecule has 0 saturated carbocycles. The Balaban J connectivity index is 1.96. The molecule has 2 nitrogen and oxygen atoms in total. The lowest BCUT2D eigenvalue weighted by molar-refractivity contribution is 0.300. The van der Waals surface area contributed by atoms with E-state index in [-0.39, 0.29) is 5.54 Å². The van der Waals surface area contributed by atoms with E-state index in [4.69, 9.17) is 4.42 Å². The molecule has 1 saturated heterocycles. The summed E-state index contributed by atoms with van der Waals surface area (Å²) in [5, 5.41) is 5.08. The van der Waals surface area contributed by atoms with Gasteiger partial charge in [-0.1, -0.05) is 32.0 Å². The maximum Gasteiger partial charge on any atom is 0.134 e. The van der Waals surface area contributed by atoms with Crippen LogP contribution in [0, 0.1) is 12.8 Å². The molecule has 0 radical (unpaired) electrons. The van der Waals surface area contributed by atoms with Crippen LogP contribution in [0.25, 0.3) is 11.0 Å². The quantitative estimate of drug-likeness (QED) is 0.888. The Morgan fingerprint density at radius 2 is 2.10 bits per heavy atom. The lowest BCUT2D eigenvalue weighted by atomic mass is 9.81. The van der Waals surface area contributed by atoms with E-state index in [1.807, 2.05) is 6.07 Å². The molecule has 1 aromatic heterocycles. The van der Waals surface area contributed by atoms with Crippen molar-refractivity contribution < 1.29 is 4.42 Å². The van der Waals surface area contributed by atoms with Crippen LogP contribution in [0.5, 0.6) is 0 Å². The van der Waals surface area contributed by atoms with Crippen LogP contribution in [0.4, 0.5) is 0 Å². The van der Waals surface area contributed by atoms with Crippen molar-refractivity contribution in [3.8, 4) is 0 Å². The fourth-order valence-corrected chi connectivity index (χ4v) is 3.83.